The van der Waals surface area contributed by atoms with E-state index in [2.05, 4.69) is 0 Å². The van der Waals surface area contributed by atoms with E-state index < -0.39 is 43.4 Å². The Hall–Kier alpha value is -2.64. The van der Waals surface area contributed by atoms with Gasteiger partial charge in [0.25, 0.3) is 0 Å². The third-order valence-electron chi connectivity index (χ3n) is 6.80. The van der Waals surface area contributed by atoms with Crippen molar-refractivity contribution >= 4 is 0 Å². The summed E-state index contributed by atoms with van der Waals surface area (Å²) in [4.78, 5) is 0. The Morgan fingerprint density at radius 1 is 0.838 bits per heavy atom. The number of aliphatic hydroxyl groups excluding tert-OH is 6. The summed E-state index contributed by atoms with van der Waals surface area (Å²) in [5, 5.41) is 59.2. The fourth-order valence-corrected chi connectivity index (χ4v) is 4.78. The van der Waals surface area contributed by atoms with Crippen LogP contribution in [0.4, 0.5) is 0 Å². The monoisotopic (exact) mass is 522 g/mol. The van der Waals surface area contributed by atoms with Gasteiger partial charge >= 0.3 is 0 Å². The van der Waals surface area contributed by atoms with E-state index in [0.29, 0.717) is 29.9 Å². The molecule has 2 heterocycles. The second kappa shape index (κ2) is 11.8. The van der Waals surface area contributed by atoms with Crippen molar-refractivity contribution in [3.63, 3.8) is 0 Å². The van der Waals surface area contributed by atoms with Gasteiger partial charge in [-0.3, -0.25) is 0 Å². The van der Waals surface area contributed by atoms with Crippen LogP contribution in [-0.2, 0) is 11.2 Å². The van der Waals surface area contributed by atoms with Crippen LogP contribution in [0.15, 0.2) is 30.3 Å². The van der Waals surface area contributed by atoms with Crippen molar-refractivity contribution in [3.8, 4) is 23.0 Å². The molecule has 0 bridgehead atoms. The third-order valence-corrected chi connectivity index (χ3v) is 6.80. The topological polar surface area (TPSA) is 168 Å². The Bertz CT molecular complexity index is 1060. The van der Waals surface area contributed by atoms with Crippen molar-refractivity contribution in [2.45, 2.75) is 55.6 Å². The van der Waals surface area contributed by atoms with Crippen molar-refractivity contribution in [1.29, 1.82) is 0 Å². The van der Waals surface area contributed by atoms with E-state index in [4.69, 9.17) is 23.7 Å². The van der Waals surface area contributed by atoms with Gasteiger partial charge in [-0.15, -0.1) is 0 Å². The van der Waals surface area contributed by atoms with Gasteiger partial charge in [-0.2, -0.15) is 0 Å². The summed E-state index contributed by atoms with van der Waals surface area (Å²) in [6, 6.07) is 8.81. The molecule has 6 N–H and O–H groups in total. The molecule has 7 atom stereocenters. The van der Waals surface area contributed by atoms with Crippen molar-refractivity contribution in [3.05, 3.63) is 47.0 Å². The van der Waals surface area contributed by atoms with Crippen molar-refractivity contribution in [2.75, 3.05) is 34.0 Å². The Morgan fingerprint density at radius 3 is 2.24 bits per heavy atom. The first-order chi connectivity index (χ1) is 17.9. The largest absolute Gasteiger partial charge is 0.493 e. The molecule has 0 amide bonds. The fourth-order valence-electron chi connectivity index (χ4n) is 4.78. The highest BCUT2D eigenvalue weighted by molar-refractivity contribution is 5.56. The van der Waals surface area contributed by atoms with Crippen LogP contribution in [0.25, 0.3) is 0 Å². The lowest BCUT2D eigenvalue weighted by Gasteiger charge is -2.39. The lowest BCUT2D eigenvalue weighted by molar-refractivity contribution is -0.277. The molecule has 2 aliphatic heterocycles. The van der Waals surface area contributed by atoms with Crippen molar-refractivity contribution in [1.82, 2.24) is 0 Å². The molecule has 0 saturated carbocycles. The second-order valence-corrected chi connectivity index (χ2v) is 9.10. The lowest BCUT2D eigenvalue weighted by Crippen LogP contribution is -2.60. The standard InChI is InChI=1S/C26H34O11/c1-33-18-10-14(5-6-17(18)35-26-23(32)22(31)21(30)20(12-29)36-26)24-16(11-28)15-8-13(4-3-7-27)9-19(34-2)25(15)37-24/h5-6,8-10,16,20-24,26-32H,3-4,7,11-12H2,1-2H3/t16-,20+,21+,22-,23+,24-,26+/m0/s1. The van der Waals surface area contributed by atoms with Crippen LogP contribution in [0.3, 0.4) is 0 Å². The minimum atomic E-state index is -1.57. The maximum absolute atomic E-state index is 10.3. The molecule has 11 nitrogen and oxygen atoms in total. The lowest BCUT2D eigenvalue weighted by atomic mass is 9.90. The zero-order valence-corrected chi connectivity index (χ0v) is 20.7. The van der Waals surface area contributed by atoms with E-state index in [9.17, 15) is 30.6 Å². The zero-order valence-electron chi connectivity index (χ0n) is 20.7. The maximum atomic E-state index is 10.3. The minimum absolute atomic E-state index is 0.0687. The number of aliphatic hydroxyl groups is 6. The molecule has 0 radical (unpaired) electrons. The van der Waals surface area contributed by atoms with Crippen LogP contribution >= 0.6 is 0 Å². The summed E-state index contributed by atoms with van der Waals surface area (Å²) in [6.45, 7) is -0.691. The Labute approximate surface area is 214 Å². The van der Waals surface area contributed by atoms with Gasteiger partial charge in [0.2, 0.25) is 6.29 Å². The first-order valence-corrected chi connectivity index (χ1v) is 12.1. The number of methoxy groups -OCH3 is 2. The molecule has 2 aromatic rings. The highest BCUT2D eigenvalue weighted by atomic mass is 16.7. The predicted molar refractivity (Wildman–Crippen MR) is 129 cm³/mol. The van der Waals surface area contributed by atoms with Crippen molar-refractivity contribution < 1.29 is 54.3 Å². The van der Waals surface area contributed by atoms with Gasteiger partial charge in [0, 0.05) is 12.2 Å². The van der Waals surface area contributed by atoms with E-state index in [1.807, 2.05) is 12.1 Å². The van der Waals surface area contributed by atoms with Gasteiger partial charge in [-0.05, 0) is 42.2 Å². The molecule has 0 aliphatic carbocycles. The molecule has 0 spiro atoms. The summed E-state index contributed by atoms with van der Waals surface area (Å²) < 4.78 is 28.5. The summed E-state index contributed by atoms with van der Waals surface area (Å²) in [6.07, 6.45) is -6.42. The Kier molecular flexibility index (Phi) is 8.75. The van der Waals surface area contributed by atoms with E-state index in [-0.39, 0.29) is 30.6 Å². The van der Waals surface area contributed by atoms with Crippen LogP contribution in [0.5, 0.6) is 23.0 Å². The van der Waals surface area contributed by atoms with Crippen LogP contribution in [0.2, 0.25) is 0 Å². The first kappa shape index (κ1) is 27.4. The molecule has 37 heavy (non-hydrogen) atoms. The Morgan fingerprint density at radius 2 is 1.59 bits per heavy atom. The van der Waals surface area contributed by atoms with Gasteiger partial charge in [0.1, 0.15) is 30.5 Å². The molecule has 1 fully saturated rings. The summed E-state index contributed by atoms with van der Waals surface area (Å²) in [5.41, 5.74) is 2.46. The molecule has 204 valence electrons. The fraction of sp³-hybridized carbons (Fsp3) is 0.538. The molecule has 4 rings (SSSR count). The molecular formula is C26H34O11. The SMILES string of the molecule is COc1cc([C@@H]2Oc3c(OC)cc(CCCO)cc3[C@@H]2CO)ccc1O[C@@H]1O[C@H](CO)[C@@H](O)[C@H](O)[C@H]1O. The molecule has 1 saturated heterocycles. The number of benzene rings is 2. The average molecular weight is 523 g/mol. The molecular weight excluding hydrogens is 488 g/mol. The van der Waals surface area contributed by atoms with Crippen molar-refractivity contribution in [2.24, 2.45) is 0 Å². The smallest absolute Gasteiger partial charge is 0.229 e. The number of hydrogen-bond acceptors (Lipinski definition) is 11. The maximum Gasteiger partial charge on any atom is 0.229 e. The van der Waals surface area contributed by atoms with E-state index in [1.54, 1.807) is 25.3 Å². The summed E-state index contributed by atoms with van der Waals surface area (Å²) >= 11 is 0. The molecule has 0 aromatic heterocycles. The highest BCUT2D eigenvalue weighted by Crippen LogP contribution is 2.51. The number of ether oxygens (including phenoxy) is 5. The van der Waals surface area contributed by atoms with Gasteiger partial charge in [-0.25, -0.2) is 0 Å². The number of hydrogen-bond donors (Lipinski definition) is 6. The zero-order chi connectivity index (χ0) is 26.7. The quantitative estimate of drug-likeness (QED) is 0.249. The van der Waals surface area contributed by atoms with Crippen LogP contribution < -0.4 is 18.9 Å². The third kappa shape index (κ3) is 5.34. The Balaban J connectivity index is 1.60. The van der Waals surface area contributed by atoms with Crippen LogP contribution in [-0.4, -0.2) is 95.4 Å². The van der Waals surface area contributed by atoms with Gasteiger partial charge in [0.05, 0.1) is 33.4 Å². The summed E-state index contributed by atoms with van der Waals surface area (Å²) in [5.74, 6) is 1.16. The van der Waals surface area contributed by atoms with Crippen LogP contribution in [0, 0.1) is 0 Å². The van der Waals surface area contributed by atoms with E-state index in [1.165, 1.54) is 7.11 Å². The molecule has 0 unspecified atom stereocenters. The van der Waals surface area contributed by atoms with E-state index >= 15 is 0 Å². The number of aryl methyl sites for hydroxylation is 1. The number of fused-ring (bicyclic) bond motifs is 1. The van der Waals surface area contributed by atoms with E-state index in [0.717, 1.165) is 11.1 Å². The predicted octanol–water partition coefficient (Wildman–Crippen LogP) is 0.0170. The molecule has 2 aromatic carbocycles. The normalized spacial score (nSPS) is 28.9. The van der Waals surface area contributed by atoms with Crippen LogP contribution in [0.1, 0.15) is 35.1 Å². The second-order valence-electron chi connectivity index (χ2n) is 9.10. The molecule has 11 heteroatoms. The summed E-state index contributed by atoms with van der Waals surface area (Å²) in [7, 11) is 2.98. The highest BCUT2D eigenvalue weighted by Gasteiger charge is 2.45. The van der Waals surface area contributed by atoms with Gasteiger partial charge in [-0.1, -0.05) is 12.1 Å². The van der Waals surface area contributed by atoms with Gasteiger partial charge in [0.15, 0.2) is 23.0 Å². The molecule has 2 aliphatic rings. The number of rotatable bonds is 10. The minimum Gasteiger partial charge on any atom is -0.493 e. The first-order valence-electron chi connectivity index (χ1n) is 12.1. The average Bonchev–Trinajstić information content (AvgIpc) is 3.30. The van der Waals surface area contributed by atoms with Gasteiger partial charge < -0.3 is 54.3 Å².